The molecule has 0 N–H and O–H groups in total. The van der Waals surface area contributed by atoms with Crippen LogP contribution in [0.1, 0.15) is 60.1 Å². The van der Waals surface area contributed by atoms with Gasteiger partial charge < -0.3 is 0 Å². The molecule has 4 saturated carbocycles. The van der Waals surface area contributed by atoms with Gasteiger partial charge in [0.1, 0.15) is 16.9 Å². The summed E-state index contributed by atoms with van der Waals surface area (Å²) >= 11 is 1.32. The molecule has 0 saturated heterocycles. The van der Waals surface area contributed by atoms with E-state index in [4.69, 9.17) is 4.98 Å². The number of nitriles is 1. The first-order valence-corrected chi connectivity index (χ1v) is 11.4. The minimum absolute atomic E-state index is 0.0825. The molecule has 2 aromatic rings. The van der Waals surface area contributed by atoms with Crippen LogP contribution in [0.25, 0.3) is 0 Å². The van der Waals surface area contributed by atoms with E-state index in [9.17, 15) is 14.4 Å². The van der Waals surface area contributed by atoms with Crippen LogP contribution in [-0.2, 0) is 5.41 Å². The molecule has 1 aromatic carbocycles. The van der Waals surface area contributed by atoms with Crippen LogP contribution in [0.3, 0.4) is 0 Å². The average molecular weight is 407 g/mol. The van der Waals surface area contributed by atoms with Gasteiger partial charge >= 0.3 is 0 Å². The highest BCUT2D eigenvalue weighted by atomic mass is 32.2. The lowest BCUT2D eigenvalue weighted by atomic mass is 9.49. The molecule has 4 aliphatic carbocycles. The highest BCUT2D eigenvalue weighted by Gasteiger charge is 2.52. The number of thioether (sulfide) groups is 1. The molecular formula is C24H23FN2OS. The predicted octanol–water partition coefficient (Wildman–Crippen LogP) is 5.54. The van der Waals surface area contributed by atoms with Gasteiger partial charge in [0.15, 0.2) is 5.78 Å². The van der Waals surface area contributed by atoms with Crippen molar-refractivity contribution in [2.75, 3.05) is 5.75 Å². The van der Waals surface area contributed by atoms with Crippen molar-refractivity contribution in [1.29, 1.82) is 5.26 Å². The number of hydrogen-bond acceptors (Lipinski definition) is 4. The molecule has 1 heterocycles. The summed E-state index contributed by atoms with van der Waals surface area (Å²) in [5.74, 6) is 2.24. The van der Waals surface area contributed by atoms with Gasteiger partial charge in [-0.25, -0.2) is 9.37 Å². The van der Waals surface area contributed by atoms with Crippen LogP contribution < -0.4 is 0 Å². The molecule has 0 amide bonds. The Bertz CT molecular complexity index is 960. The Kier molecular flexibility index (Phi) is 4.70. The van der Waals surface area contributed by atoms with Gasteiger partial charge in [-0.2, -0.15) is 5.26 Å². The van der Waals surface area contributed by atoms with E-state index in [1.807, 2.05) is 6.07 Å². The topological polar surface area (TPSA) is 53.8 Å². The van der Waals surface area contributed by atoms with Crippen LogP contribution in [-0.4, -0.2) is 16.5 Å². The van der Waals surface area contributed by atoms with Gasteiger partial charge in [0.25, 0.3) is 0 Å². The van der Waals surface area contributed by atoms with Crippen molar-refractivity contribution >= 4 is 17.5 Å². The summed E-state index contributed by atoms with van der Waals surface area (Å²) in [6.45, 7) is 0. The molecule has 4 fully saturated rings. The minimum Gasteiger partial charge on any atom is -0.293 e. The molecule has 0 unspecified atom stereocenters. The number of halogens is 1. The summed E-state index contributed by atoms with van der Waals surface area (Å²) in [6, 6.07) is 11.8. The number of nitrogens with zero attached hydrogens (tertiary/aromatic N) is 2. The summed E-state index contributed by atoms with van der Waals surface area (Å²) in [6.07, 6.45) is 7.79. The maximum absolute atomic E-state index is 13.1. The quantitative estimate of drug-likeness (QED) is 0.484. The summed E-state index contributed by atoms with van der Waals surface area (Å²) in [7, 11) is 0. The van der Waals surface area contributed by atoms with E-state index in [-0.39, 0.29) is 22.8 Å². The zero-order valence-electron chi connectivity index (χ0n) is 16.2. The number of pyridine rings is 1. The first kappa shape index (κ1) is 18.8. The largest absolute Gasteiger partial charge is 0.293 e. The van der Waals surface area contributed by atoms with Crippen molar-refractivity contribution in [3.63, 3.8) is 0 Å². The third kappa shape index (κ3) is 3.48. The monoisotopic (exact) mass is 406 g/mol. The van der Waals surface area contributed by atoms with E-state index in [2.05, 4.69) is 12.1 Å². The maximum Gasteiger partial charge on any atom is 0.173 e. The lowest BCUT2D eigenvalue weighted by Gasteiger charge is -2.56. The summed E-state index contributed by atoms with van der Waals surface area (Å²) in [4.78, 5) is 17.4. The van der Waals surface area contributed by atoms with Gasteiger partial charge in [0.05, 0.1) is 11.3 Å². The van der Waals surface area contributed by atoms with Crippen LogP contribution in [0.5, 0.6) is 0 Å². The number of rotatable bonds is 5. The molecule has 5 heteroatoms. The minimum atomic E-state index is -0.356. The number of carbonyl (C=O) groups is 1. The normalized spacial score (nSPS) is 29.6. The van der Waals surface area contributed by atoms with Gasteiger partial charge in [0.2, 0.25) is 0 Å². The second kappa shape index (κ2) is 7.25. The molecule has 0 atom stereocenters. The molecule has 1 aromatic heterocycles. The van der Waals surface area contributed by atoms with Crippen LogP contribution in [0, 0.1) is 34.9 Å². The Labute approximate surface area is 174 Å². The number of ketones is 1. The molecule has 6 rings (SSSR count). The fourth-order valence-electron chi connectivity index (χ4n) is 6.21. The Morgan fingerprint density at radius 3 is 2.28 bits per heavy atom. The zero-order chi connectivity index (χ0) is 20.0. The van der Waals surface area contributed by atoms with Crippen molar-refractivity contribution in [3.8, 4) is 6.07 Å². The lowest BCUT2D eigenvalue weighted by molar-refractivity contribution is -0.00744. The fourth-order valence-corrected chi connectivity index (χ4v) is 7.07. The van der Waals surface area contributed by atoms with Gasteiger partial charge in [-0.1, -0.05) is 11.8 Å². The first-order chi connectivity index (χ1) is 14.0. The Morgan fingerprint density at radius 2 is 1.69 bits per heavy atom. The molecule has 0 spiro atoms. The Hall–Kier alpha value is -2.19. The van der Waals surface area contributed by atoms with E-state index in [0.29, 0.717) is 16.2 Å². The summed E-state index contributed by atoms with van der Waals surface area (Å²) in [5, 5.41) is 10.2. The number of Topliss-reactive ketones (excluding diaryl/α,β-unsaturated/α-hetero) is 1. The molecule has 0 radical (unpaired) electrons. The standard InChI is InChI=1S/C24H23FN2OS/c25-20-4-1-18(2-5-20)21(28)14-29-23-19(13-26)3-6-22(27-23)24-10-15-7-16(11-24)9-17(8-15)12-24/h1-6,15-17H,7-12,14H2. The summed E-state index contributed by atoms with van der Waals surface area (Å²) < 4.78 is 13.1. The van der Waals surface area contributed by atoms with Crippen molar-refractivity contribution in [1.82, 2.24) is 4.98 Å². The SMILES string of the molecule is N#Cc1ccc(C23CC4CC(CC(C4)C2)C3)nc1SCC(=O)c1ccc(F)cc1. The highest BCUT2D eigenvalue weighted by Crippen LogP contribution is 2.60. The third-order valence-corrected chi connectivity index (χ3v) is 8.06. The van der Waals surface area contributed by atoms with Crippen LogP contribution >= 0.6 is 11.8 Å². The molecule has 29 heavy (non-hydrogen) atoms. The molecular weight excluding hydrogens is 383 g/mol. The van der Waals surface area contributed by atoms with Crippen molar-refractivity contribution in [2.45, 2.75) is 49.0 Å². The molecule has 4 bridgehead atoms. The Balaban J connectivity index is 1.38. The molecule has 0 aliphatic heterocycles. The van der Waals surface area contributed by atoms with Crippen LogP contribution in [0.2, 0.25) is 0 Å². The fraction of sp³-hybridized carbons (Fsp3) is 0.458. The number of hydrogen-bond donors (Lipinski definition) is 0. The average Bonchev–Trinajstić information content (AvgIpc) is 2.71. The van der Waals surface area contributed by atoms with E-state index in [1.54, 1.807) is 0 Å². The van der Waals surface area contributed by atoms with E-state index in [1.165, 1.54) is 74.6 Å². The second-order valence-electron chi connectivity index (χ2n) is 9.08. The van der Waals surface area contributed by atoms with Crippen LogP contribution in [0.15, 0.2) is 41.4 Å². The van der Waals surface area contributed by atoms with Gasteiger partial charge in [-0.3, -0.25) is 4.79 Å². The number of aromatic nitrogens is 1. The van der Waals surface area contributed by atoms with Gasteiger partial charge in [-0.05, 0) is 92.7 Å². The van der Waals surface area contributed by atoms with E-state index in [0.717, 1.165) is 23.4 Å². The predicted molar refractivity (Wildman–Crippen MR) is 110 cm³/mol. The molecule has 148 valence electrons. The molecule has 4 aliphatic rings. The third-order valence-electron chi connectivity index (χ3n) is 7.07. The Morgan fingerprint density at radius 1 is 1.07 bits per heavy atom. The summed E-state index contributed by atoms with van der Waals surface area (Å²) in [5.41, 5.74) is 2.29. The smallest absolute Gasteiger partial charge is 0.173 e. The van der Waals surface area contributed by atoms with Crippen molar-refractivity contribution < 1.29 is 9.18 Å². The van der Waals surface area contributed by atoms with E-state index >= 15 is 0 Å². The number of benzene rings is 1. The number of carbonyl (C=O) groups excluding carboxylic acids is 1. The molecule has 3 nitrogen and oxygen atoms in total. The zero-order valence-corrected chi connectivity index (χ0v) is 17.1. The maximum atomic E-state index is 13.1. The second-order valence-corrected chi connectivity index (χ2v) is 10.0. The van der Waals surface area contributed by atoms with Gasteiger partial charge in [0, 0.05) is 16.7 Å². The van der Waals surface area contributed by atoms with Crippen molar-refractivity contribution in [2.24, 2.45) is 17.8 Å². The van der Waals surface area contributed by atoms with Gasteiger partial charge in [-0.15, -0.1) is 0 Å². The lowest BCUT2D eigenvalue weighted by Crippen LogP contribution is -2.49. The van der Waals surface area contributed by atoms with Crippen LogP contribution in [0.4, 0.5) is 4.39 Å². The highest BCUT2D eigenvalue weighted by molar-refractivity contribution is 8.00. The van der Waals surface area contributed by atoms with Crippen molar-refractivity contribution in [3.05, 3.63) is 59.0 Å². The first-order valence-electron chi connectivity index (χ1n) is 10.4. The van der Waals surface area contributed by atoms with E-state index < -0.39 is 0 Å².